The molecule has 0 aliphatic carbocycles. The molecule has 0 radical (unpaired) electrons. The molecule has 6 nitrogen and oxygen atoms in total. The van der Waals surface area contributed by atoms with Gasteiger partial charge in [-0.1, -0.05) is 72.5 Å². The maximum atomic E-state index is 8.90. The normalized spacial score (nSPS) is 19.8. The zero-order valence-electron chi connectivity index (χ0n) is 35.7. The minimum atomic E-state index is -1.38. The molecule has 0 fully saturated rings. The predicted octanol–water partition coefficient (Wildman–Crippen LogP) is 3.09. The number of para-hydroxylation sites is 4. The van der Waals surface area contributed by atoms with Crippen molar-refractivity contribution in [1.29, 1.82) is 0 Å². The Balaban J connectivity index is 1.37. The molecule has 40 heavy (non-hydrogen) atoms. The van der Waals surface area contributed by atoms with Crippen molar-refractivity contribution in [1.82, 2.24) is 9.97 Å². The van der Waals surface area contributed by atoms with Gasteiger partial charge >= 0.3 is 0 Å². The van der Waals surface area contributed by atoms with Crippen LogP contribution in [0, 0.1) is 0 Å². The van der Waals surface area contributed by atoms with E-state index in [1.165, 1.54) is 0 Å². The van der Waals surface area contributed by atoms with E-state index in [9.17, 15) is 0 Å². The maximum Gasteiger partial charge on any atom is 0.262 e. The highest BCUT2D eigenvalue weighted by Gasteiger charge is 2.46. The summed E-state index contributed by atoms with van der Waals surface area (Å²) < 4.78 is 163. The van der Waals surface area contributed by atoms with Gasteiger partial charge in [-0.2, -0.15) is 0 Å². The molecule has 0 spiro atoms. The van der Waals surface area contributed by atoms with Crippen molar-refractivity contribution in [2.24, 2.45) is 0 Å². The van der Waals surface area contributed by atoms with Crippen LogP contribution in [0.1, 0.15) is 21.9 Å². The Morgan fingerprint density at radius 3 is 1.15 bits per heavy atom. The summed E-state index contributed by atoms with van der Waals surface area (Å²) in [5, 5.41) is 0. The zero-order valence-corrected chi connectivity index (χ0v) is 19.7. The first-order valence-electron chi connectivity index (χ1n) is 20.0. The number of ether oxygens (including phenoxy) is 4. The van der Waals surface area contributed by atoms with Crippen molar-refractivity contribution in [2.45, 2.75) is 0 Å². The van der Waals surface area contributed by atoms with Crippen LogP contribution in [0.2, 0.25) is 0 Å². The zero-order chi connectivity index (χ0) is 39.9. The quantitative estimate of drug-likeness (QED) is 0.281. The number of benzene rings is 4. The predicted molar refractivity (Wildman–Crippen MR) is 155 cm³/mol. The fourth-order valence-electron chi connectivity index (χ4n) is 5.71. The fourth-order valence-corrected chi connectivity index (χ4v) is 5.71. The highest BCUT2D eigenvalue weighted by molar-refractivity contribution is 6.99. The van der Waals surface area contributed by atoms with E-state index in [1.807, 2.05) is 0 Å². The van der Waals surface area contributed by atoms with Gasteiger partial charge in [-0.3, -0.25) is 0 Å². The molecular weight excluding hydrogens is 498 g/mol. The molecule has 0 bridgehead atoms. The van der Waals surface area contributed by atoms with Crippen LogP contribution in [0.4, 0.5) is 0 Å². The van der Waals surface area contributed by atoms with Gasteiger partial charge in [-0.25, -0.2) is 9.97 Å². The molecule has 4 aromatic carbocycles. The maximum absolute atomic E-state index is 8.90. The van der Waals surface area contributed by atoms with Crippen LogP contribution in [0.25, 0.3) is 11.0 Å². The summed E-state index contributed by atoms with van der Waals surface area (Å²) in [5.41, 5.74) is -1.13. The number of aromatic nitrogens is 2. The van der Waals surface area contributed by atoms with Gasteiger partial charge in [0, 0.05) is 10.9 Å². The topological polar surface area (TPSA) is 62.7 Å². The molecule has 6 heterocycles. The minimum Gasteiger partial charge on any atom is -0.456 e. The molecule has 6 aromatic rings. The lowest BCUT2D eigenvalue weighted by Gasteiger charge is -2.35. The standard InChI is InChI=1S/C32H16B2N2O4/c1-5-13-21-17(9-1)33-19-11-3-7-15-23(19)39-31-25(33)29(37-21)27-28(35-31)30-26-32(36-27)40-24-16-8-4-12-20(24)34(26)18-10-2-6-14-22(18)38-30/h1-16H/i1D,2D,3D,4D,5D,6D,7D,8D,9D,10D,11D,12D,13D,14D,15D,16D. The van der Waals surface area contributed by atoms with Gasteiger partial charge in [-0.05, 0) is 46.0 Å². The lowest BCUT2D eigenvalue weighted by Crippen LogP contribution is -2.58. The molecule has 0 saturated heterocycles. The summed E-state index contributed by atoms with van der Waals surface area (Å²) in [7, 11) is 0. The van der Waals surface area contributed by atoms with Gasteiger partial charge in [0.25, 0.3) is 13.4 Å². The van der Waals surface area contributed by atoms with E-state index in [0.717, 1.165) is 0 Å². The Kier molecular flexibility index (Phi) is 2.01. The first kappa shape index (κ1) is 11.1. The molecule has 184 valence electrons. The van der Waals surface area contributed by atoms with E-state index < -0.39 is 110 Å². The average Bonchev–Trinajstić information content (AvgIpc) is 3.19. The number of hydrogen-bond acceptors (Lipinski definition) is 6. The van der Waals surface area contributed by atoms with Crippen molar-refractivity contribution in [3.8, 4) is 46.3 Å². The van der Waals surface area contributed by atoms with Crippen molar-refractivity contribution >= 4 is 57.2 Å². The summed E-state index contributed by atoms with van der Waals surface area (Å²) in [6, 6.07) is -9.83. The second kappa shape index (κ2) is 7.24. The third-order valence-electron chi connectivity index (χ3n) is 7.29. The van der Waals surface area contributed by atoms with Gasteiger partial charge in [0.1, 0.15) is 34.0 Å². The molecule has 0 N–H and O–H groups in total. The third-order valence-corrected chi connectivity index (χ3v) is 7.29. The molecule has 0 amide bonds. The second-order valence-electron chi connectivity index (χ2n) is 9.26. The first-order valence-corrected chi connectivity index (χ1v) is 12.0. The largest absolute Gasteiger partial charge is 0.456 e. The van der Waals surface area contributed by atoms with Gasteiger partial charge in [-0.15, -0.1) is 0 Å². The van der Waals surface area contributed by atoms with Crippen LogP contribution in [0.15, 0.2) is 96.7 Å². The number of pyridine rings is 2. The molecule has 0 unspecified atom stereocenters. The third kappa shape index (κ3) is 2.51. The van der Waals surface area contributed by atoms with Crippen molar-refractivity contribution in [3.05, 3.63) is 96.7 Å². The smallest absolute Gasteiger partial charge is 0.262 e. The summed E-state index contributed by atoms with van der Waals surface area (Å²) in [4.78, 5) is 9.40. The minimum absolute atomic E-state index is 0.0278. The molecular formula is C32H16B2N2O4. The average molecular weight is 530 g/mol. The molecule has 4 aliphatic heterocycles. The van der Waals surface area contributed by atoms with Crippen molar-refractivity contribution in [2.75, 3.05) is 0 Å². The van der Waals surface area contributed by atoms with Crippen LogP contribution in [0.3, 0.4) is 0 Å². The molecule has 2 aromatic heterocycles. The van der Waals surface area contributed by atoms with Gasteiger partial charge in [0.2, 0.25) is 11.8 Å². The monoisotopic (exact) mass is 530 g/mol. The van der Waals surface area contributed by atoms with Crippen LogP contribution in [-0.4, -0.2) is 23.4 Å². The van der Waals surface area contributed by atoms with Crippen LogP contribution >= 0.6 is 0 Å². The number of rotatable bonds is 0. The van der Waals surface area contributed by atoms with Crippen molar-refractivity contribution in [3.63, 3.8) is 0 Å². The Labute approximate surface area is 251 Å². The lowest BCUT2D eigenvalue weighted by molar-refractivity contribution is 0.443. The van der Waals surface area contributed by atoms with Gasteiger partial charge < -0.3 is 18.9 Å². The Morgan fingerprint density at radius 1 is 0.450 bits per heavy atom. The molecule has 0 saturated carbocycles. The molecule has 10 rings (SSSR count). The van der Waals surface area contributed by atoms with E-state index >= 15 is 0 Å². The summed E-state index contributed by atoms with van der Waals surface area (Å²) in [6.45, 7) is -2.76. The van der Waals surface area contributed by atoms with E-state index in [-0.39, 0.29) is 90.1 Å². The highest BCUT2D eigenvalue weighted by atomic mass is 16.5. The van der Waals surface area contributed by atoms with Gasteiger partial charge in [0.15, 0.2) is 11.5 Å². The molecule has 4 aliphatic rings. The number of hydrogen-bond donors (Lipinski definition) is 0. The van der Waals surface area contributed by atoms with Gasteiger partial charge in [0.05, 0.1) is 21.9 Å². The molecule has 8 heteroatoms. The van der Waals surface area contributed by atoms with E-state index in [4.69, 9.17) is 50.8 Å². The Morgan fingerprint density at radius 2 is 0.775 bits per heavy atom. The summed E-state index contributed by atoms with van der Waals surface area (Å²) >= 11 is 0. The first-order chi connectivity index (χ1) is 26.5. The Hall–Kier alpha value is -5.23. The fraction of sp³-hybridized carbons (Fsp3) is 0. The van der Waals surface area contributed by atoms with E-state index in [0.29, 0.717) is 0 Å². The number of fused-ring (bicyclic) bond motifs is 11. The summed E-state index contributed by atoms with van der Waals surface area (Å²) in [5.74, 6) is -2.67. The van der Waals surface area contributed by atoms with E-state index in [2.05, 4.69) is 0 Å². The Bertz CT molecular complexity index is 2750. The molecule has 0 atom stereocenters. The van der Waals surface area contributed by atoms with Crippen LogP contribution in [-0.2, 0) is 0 Å². The number of nitrogens with zero attached hydrogens (tertiary/aromatic N) is 2. The van der Waals surface area contributed by atoms with Crippen molar-refractivity contribution < 1.29 is 40.9 Å². The second-order valence-corrected chi connectivity index (χ2v) is 9.26. The lowest BCUT2D eigenvalue weighted by atomic mass is 9.34. The summed E-state index contributed by atoms with van der Waals surface area (Å²) in [6.07, 6.45) is 0. The highest BCUT2D eigenvalue weighted by Crippen LogP contribution is 2.43. The SMILES string of the molecule is [2H]c1c([2H])c([2H])c2c(c1[2H])Oc1nc3c4c5c(nc3c3c1B2c1c([2H])c([2H])c([2H])c([2H])c1O3)Oc1c([2H])c([2H])c([2H])c([2H])c1B5c1c([2H])c([2H])c([2H])c([2H])c1O4. The van der Waals surface area contributed by atoms with E-state index in [1.54, 1.807) is 0 Å². The van der Waals surface area contributed by atoms with Crippen LogP contribution in [0.5, 0.6) is 46.3 Å². The van der Waals surface area contributed by atoms with Crippen LogP contribution < -0.4 is 51.7 Å².